The van der Waals surface area contributed by atoms with Gasteiger partial charge in [-0.25, -0.2) is 0 Å². The molecule has 14 heavy (non-hydrogen) atoms. The monoisotopic (exact) mass is 199 g/mol. The van der Waals surface area contributed by atoms with Gasteiger partial charge in [0.25, 0.3) is 0 Å². The van der Waals surface area contributed by atoms with Gasteiger partial charge in [-0.15, -0.1) is 0 Å². The molecule has 0 saturated heterocycles. The van der Waals surface area contributed by atoms with Crippen molar-refractivity contribution in [3.63, 3.8) is 0 Å². The van der Waals surface area contributed by atoms with Gasteiger partial charge >= 0.3 is 0 Å². The molecule has 3 N–H and O–H groups in total. The van der Waals surface area contributed by atoms with Crippen LogP contribution in [0.2, 0.25) is 0 Å². The predicted octanol–water partition coefficient (Wildman–Crippen LogP) is 2.30. The number of aliphatic hydroxyl groups excluding tert-OH is 1. The van der Waals surface area contributed by atoms with Crippen molar-refractivity contribution in [3.05, 3.63) is 0 Å². The van der Waals surface area contributed by atoms with Gasteiger partial charge in [0.05, 0.1) is 0 Å². The Balaban J connectivity index is 2.45. The van der Waals surface area contributed by atoms with Crippen LogP contribution in [0.1, 0.15) is 52.9 Å². The van der Waals surface area contributed by atoms with E-state index in [1.165, 1.54) is 12.8 Å². The summed E-state index contributed by atoms with van der Waals surface area (Å²) in [6, 6.07) is 0. The lowest BCUT2D eigenvalue weighted by molar-refractivity contribution is 0.116. The second kappa shape index (κ2) is 4.19. The number of hydrogen-bond donors (Lipinski definition) is 2. The second-order valence-corrected chi connectivity index (χ2v) is 5.98. The summed E-state index contributed by atoms with van der Waals surface area (Å²) in [5.74, 6) is 0.804. The van der Waals surface area contributed by atoms with E-state index in [9.17, 15) is 0 Å². The normalized spacial score (nSPS) is 34.5. The van der Waals surface area contributed by atoms with Crippen LogP contribution >= 0.6 is 0 Å². The summed E-state index contributed by atoms with van der Waals surface area (Å²) in [6.45, 7) is 7.17. The fourth-order valence-electron chi connectivity index (χ4n) is 2.53. The van der Waals surface area contributed by atoms with Gasteiger partial charge in [0.1, 0.15) is 0 Å². The van der Waals surface area contributed by atoms with E-state index >= 15 is 0 Å². The highest BCUT2D eigenvalue weighted by atomic mass is 16.3. The Morgan fingerprint density at radius 1 is 1.29 bits per heavy atom. The molecule has 0 aromatic heterocycles. The van der Waals surface area contributed by atoms with E-state index in [1.54, 1.807) is 0 Å². The van der Waals surface area contributed by atoms with Crippen LogP contribution in [0.5, 0.6) is 0 Å². The zero-order valence-corrected chi connectivity index (χ0v) is 9.84. The maximum atomic E-state index is 8.93. The summed E-state index contributed by atoms with van der Waals surface area (Å²) in [5.41, 5.74) is 6.56. The number of rotatable bonds is 2. The van der Waals surface area contributed by atoms with E-state index in [2.05, 4.69) is 20.8 Å². The molecular weight excluding hydrogens is 174 g/mol. The van der Waals surface area contributed by atoms with Crippen molar-refractivity contribution in [2.75, 3.05) is 6.61 Å². The van der Waals surface area contributed by atoms with Crippen LogP contribution in [-0.4, -0.2) is 17.3 Å². The van der Waals surface area contributed by atoms with Crippen molar-refractivity contribution < 1.29 is 5.11 Å². The third-order valence-corrected chi connectivity index (χ3v) is 3.82. The van der Waals surface area contributed by atoms with Gasteiger partial charge in [-0.3, -0.25) is 0 Å². The highest BCUT2D eigenvalue weighted by molar-refractivity contribution is 4.92. The van der Waals surface area contributed by atoms with Gasteiger partial charge in [-0.05, 0) is 43.4 Å². The quantitative estimate of drug-likeness (QED) is 0.717. The van der Waals surface area contributed by atoms with Crippen LogP contribution in [0.3, 0.4) is 0 Å². The predicted molar refractivity (Wildman–Crippen MR) is 60.0 cm³/mol. The van der Waals surface area contributed by atoms with Crippen molar-refractivity contribution in [1.29, 1.82) is 0 Å². The zero-order valence-electron chi connectivity index (χ0n) is 9.84. The molecule has 0 heterocycles. The first-order valence-electron chi connectivity index (χ1n) is 5.77. The van der Waals surface area contributed by atoms with E-state index in [4.69, 9.17) is 10.8 Å². The van der Waals surface area contributed by atoms with Gasteiger partial charge in [-0.1, -0.05) is 20.8 Å². The SMILES string of the molecule is CC(C)(C)C1CCC(N)(CCO)CC1. The molecule has 0 bridgehead atoms. The Bertz CT molecular complexity index is 175. The summed E-state index contributed by atoms with van der Waals surface area (Å²) in [6.07, 6.45) is 5.37. The molecule has 84 valence electrons. The lowest BCUT2D eigenvalue weighted by Gasteiger charge is -2.42. The summed E-state index contributed by atoms with van der Waals surface area (Å²) < 4.78 is 0. The Labute approximate surface area is 87.9 Å². The minimum Gasteiger partial charge on any atom is -0.396 e. The third kappa shape index (κ3) is 2.96. The van der Waals surface area contributed by atoms with Crippen LogP contribution in [0.4, 0.5) is 0 Å². The van der Waals surface area contributed by atoms with Gasteiger partial charge < -0.3 is 10.8 Å². The summed E-state index contributed by atoms with van der Waals surface area (Å²) in [5, 5.41) is 8.93. The first-order chi connectivity index (χ1) is 6.37. The Morgan fingerprint density at radius 2 is 1.79 bits per heavy atom. The summed E-state index contributed by atoms with van der Waals surface area (Å²) in [4.78, 5) is 0. The van der Waals surface area contributed by atoms with Gasteiger partial charge in [0.2, 0.25) is 0 Å². The molecule has 2 heteroatoms. The highest BCUT2D eigenvalue weighted by Crippen LogP contribution is 2.41. The van der Waals surface area contributed by atoms with Crippen molar-refractivity contribution in [3.8, 4) is 0 Å². The van der Waals surface area contributed by atoms with Crippen molar-refractivity contribution in [1.82, 2.24) is 0 Å². The molecule has 0 atom stereocenters. The van der Waals surface area contributed by atoms with Crippen LogP contribution in [0.25, 0.3) is 0 Å². The van der Waals surface area contributed by atoms with Crippen molar-refractivity contribution >= 4 is 0 Å². The topological polar surface area (TPSA) is 46.2 Å². The standard InChI is InChI=1S/C12H25NO/c1-11(2,3)10-4-6-12(13,7-5-10)8-9-14/h10,14H,4-9,13H2,1-3H3. The highest BCUT2D eigenvalue weighted by Gasteiger charge is 2.35. The van der Waals surface area contributed by atoms with Gasteiger partial charge in [0.15, 0.2) is 0 Å². The summed E-state index contributed by atoms with van der Waals surface area (Å²) >= 11 is 0. The smallest absolute Gasteiger partial charge is 0.0448 e. The van der Waals surface area contributed by atoms with Crippen LogP contribution in [-0.2, 0) is 0 Å². The lowest BCUT2D eigenvalue weighted by atomic mass is 9.67. The molecule has 0 radical (unpaired) electrons. The molecular formula is C12H25NO. The average molecular weight is 199 g/mol. The fourth-order valence-corrected chi connectivity index (χ4v) is 2.53. The van der Waals surface area contributed by atoms with E-state index in [0.29, 0.717) is 5.41 Å². The molecule has 1 aliphatic carbocycles. The van der Waals surface area contributed by atoms with E-state index in [1.807, 2.05) is 0 Å². The molecule has 0 amide bonds. The maximum absolute atomic E-state index is 8.93. The number of aliphatic hydroxyl groups is 1. The Hall–Kier alpha value is -0.0800. The first-order valence-corrected chi connectivity index (χ1v) is 5.77. The molecule has 1 aliphatic rings. The van der Waals surface area contributed by atoms with E-state index in [0.717, 1.165) is 25.2 Å². The van der Waals surface area contributed by atoms with Crippen molar-refractivity contribution in [2.45, 2.75) is 58.4 Å². The fraction of sp³-hybridized carbons (Fsp3) is 1.00. The lowest BCUT2D eigenvalue weighted by Crippen LogP contribution is -2.45. The average Bonchev–Trinajstić information content (AvgIpc) is 2.03. The van der Waals surface area contributed by atoms with Gasteiger partial charge in [-0.2, -0.15) is 0 Å². The minimum atomic E-state index is -0.0729. The molecule has 0 aromatic rings. The minimum absolute atomic E-state index is 0.0729. The molecule has 0 unspecified atom stereocenters. The third-order valence-electron chi connectivity index (χ3n) is 3.82. The van der Waals surface area contributed by atoms with Gasteiger partial charge in [0, 0.05) is 12.1 Å². The van der Waals surface area contributed by atoms with Crippen LogP contribution in [0.15, 0.2) is 0 Å². The van der Waals surface area contributed by atoms with E-state index in [-0.39, 0.29) is 12.1 Å². The van der Waals surface area contributed by atoms with E-state index < -0.39 is 0 Å². The van der Waals surface area contributed by atoms with Crippen LogP contribution < -0.4 is 5.73 Å². The first kappa shape index (κ1) is 12.0. The molecule has 1 fully saturated rings. The molecule has 0 aliphatic heterocycles. The molecule has 1 rings (SSSR count). The zero-order chi connectivity index (χ0) is 10.8. The largest absolute Gasteiger partial charge is 0.396 e. The number of nitrogens with two attached hydrogens (primary N) is 1. The molecule has 2 nitrogen and oxygen atoms in total. The molecule has 0 aromatic carbocycles. The summed E-state index contributed by atoms with van der Waals surface area (Å²) in [7, 11) is 0. The van der Waals surface area contributed by atoms with Crippen LogP contribution in [0, 0.1) is 11.3 Å². The van der Waals surface area contributed by atoms with Crippen molar-refractivity contribution in [2.24, 2.45) is 17.1 Å². The maximum Gasteiger partial charge on any atom is 0.0448 e. The molecule has 1 saturated carbocycles. The second-order valence-electron chi connectivity index (χ2n) is 5.98. The molecule has 0 spiro atoms. The number of hydrogen-bond acceptors (Lipinski definition) is 2. The Morgan fingerprint density at radius 3 is 2.14 bits per heavy atom. The Kier molecular flexibility index (Phi) is 3.59.